The van der Waals surface area contributed by atoms with Gasteiger partial charge in [-0.15, -0.1) is 0 Å². The van der Waals surface area contributed by atoms with Gasteiger partial charge < -0.3 is 9.47 Å². The number of benzene rings is 2. The molecule has 0 spiro atoms. The van der Waals surface area contributed by atoms with Gasteiger partial charge in [-0.05, 0) is 36.4 Å². The molecule has 0 N–H and O–H groups in total. The quantitative estimate of drug-likeness (QED) is 0.692. The average Bonchev–Trinajstić information content (AvgIpc) is 3.03. The maximum atomic E-state index is 14.2. The molecule has 118 valence electrons. The molecule has 3 aromatic rings. The van der Waals surface area contributed by atoms with Gasteiger partial charge in [0.1, 0.15) is 17.8 Å². The molecule has 5 nitrogen and oxygen atoms in total. The largest absolute Gasteiger partial charge is 0.493 e. The molecule has 0 atom stereocenters. The van der Waals surface area contributed by atoms with Crippen molar-refractivity contribution in [3.8, 4) is 28.6 Å². The fourth-order valence-electron chi connectivity index (χ4n) is 2.24. The molecule has 0 saturated heterocycles. The standard InChI is InChI=1S/C16H13BrFN3O2/c1-22-14-6-3-10(7-15(14)23-2)16-19-9-20-21(16)13-5-4-11(17)8-12(13)18/h3-9H,1-2H3. The molecule has 0 radical (unpaired) electrons. The van der Waals surface area contributed by atoms with Crippen molar-refractivity contribution < 1.29 is 13.9 Å². The lowest BCUT2D eigenvalue weighted by atomic mass is 10.2. The summed E-state index contributed by atoms with van der Waals surface area (Å²) in [4.78, 5) is 4.23. The van der Waals surface area contributed by atoms with Crippen LogP contribution in [0.5, 0.6) is 11.5 Å². The molecule has 0 aliphatic rings. The van der Waals surface area contributed by atoms with Crippen molar-refractivity contribution in [1.29, 1.82) is 0 Å². The second-order valence-electron chi connectivity index (χ2n) is 4.66. The van der Waals surface area contributed by atoms with E-state index in [-0.39, 0.29) is 0 Å². The Morgan fingerprint density at radius 1 is 1.04 bits per heavy atom. The van der Waals surface area contributed by atoms with Crippen LogP contribution in [0.1, 0.15) is 0 Å². The van der Waals surface area contributed by atoms with Crippen LogP contribution in [-0.4, -0.2) is 29.0 Å². The van der Waals surface area contributed by atoms with E-state index in [4.69, 9.17) is 9.47 Å². The van der Waals surface area contributed by atoms with Crippen LogP contribution in [-0.2, 0) is 0 Å². The lowest BCUT2D eigenvalue weighted by Gasteiger charge is -2.11. The van der Waals surface area contributed by atoms with Gasteiger partial charge in [-0.1, -0.05) is 15.9 Å². The Kier molecular flexibility index (Phi) is 4.29. The SMILES string of the molecule is COc1ccc(-c2ncnn2-c2ccc(Br)cc2F)cc1OC. The number of aromatic nitrogens is 3. The summed E-state index contributed by atoms with van der Waals surface area (Å²) < 4.78 is 26.8. The molecule has 0 bridgehead atoms. The number of rotatable bonds is 4. The monoisotopic (exact) mass is 377 g/mol. The molecule has 1 heterocycles. The molecule has 3 rings (SSSR count). The van der Waals surface area contributed by atoms with Gasteiger partial charge in [-0.25, -0.2) is 14.1 Å². The highest BCUT2D eigenvalue weighted by atomic mass is 79.9. The molecule has 0 aliphatic carbocycles. The molecule has 0 saturated carbocycles. The summed E-state index contributed by atoms with van der Waals surface area (Å²) in [5, 5.41) is 4.13. The summed E-state index contributed by atoms with van der Waals surface area (Å²) in [6, 6.07) is 10.1. The van der Waals surface area contributed by atoms with E-state index in [0.717, 1.165) is 5.56 Å². The third-order valence-corrected chi connectivity index (χ3v) is 3.82. The Labute approximate surface area is 140 Å². The predicted molar refractivity (Wildman–Crippen MR) is 87.6 cm³/mol. The summed E-state index contributed by atoms with van der Waals surface area (Å²) >= 11 is 3.24. The highest BCUT2D eigenvalue weighted by molar-refractivity contribution is 9.10. The van der Waals surface area contributed by atoms with Crippen molar-refractivity contribution in [3.63, 3.8) is 0 Å². The van der Waals surface area contributed by atoms with Crippen LogP contribution in [0.2, 0.25) is 0 Å². The van der Waals surface area contributed by atoms with Crippen LogP contribution >= 0.6 is 15.9 Å². The number of hydrogen-bond donors (Lipinski definition) is 0. The second-order valence-corrected chi connectivity index (χ2v) is 5.58. The van der Waals surface area contributed by atoms with E-state index < -0.39 is 5.82 Å². The number of nitrogens with zero attached hydrogens (tertiary/aromatic N) is 3. The lowest BCUT2D eigenvalue weighted by Crippen LogP contribution is -2.02. The first kappa shape index (κ1) is 15.5. The minimum Gasteiger partial charge on any atom is -0.493 e. The van der Waals surface area contributed by atoms with Gasteiger partial charge in [-0.2, -0.15) is 5.10 Å². The van der Waals surface area contributed by atoms with Crippen molar-refractivity contribution in [2.75, 3.05) is 14.2 Å². The highest BCUT2D eigenvalue weighted by Gasteiger charge is 2.15. The molecule has 2 aromatic carbocycles. The van der Waals surface area contributed by atoms with E-state index in [0.29, 0.717) is 27.5 Å². The number of methoxy groups -OCH3 is 2. The number of halogens is 2. The van der Waals surface area contributed by atoms with E-state index in [1.54, 1.807) is 38.5 Å². The maximum Gasteiger partial charge on any atom is 0.163 e. The molecule has 0 fully saturated rings. The summed E-state index contributed by atoms with van der Waals surface area (Å²) in [5.74, 6) is 1.28. The lowest BCUT2D eigenvalue weighted by molar-refractivity contribution is 0.355. The van der Waals surface area contributed by atoms with Crippen molar-refractivity contribution in [2.45, 2.75) is 0 Å². The van der Waals surface area contributed by atoms with Crippen LogP contribution in [0.25, 0.3) is 17.1 Å². The van der Waals surface area contributed by atoms with Gasteiger partial charge in [0, 0.05) is 10.0 Å². The zero-order valence-corrected chi connectivity index (χ0v) is 14.0. The van der Waals surface area contributed by atoms with Gasteiger partial charge in [0.15, 0.2) is 17.3 Å². The third kappa shape index (κ3) is 2.92. The second kappa shape index (κ2) is 6.37. The van der Waals surface area contributed by atoms with Crippen LogP contribution in [0, 0.1) is 5.82 Å². The fourth-order valence-corrected chi connectivity index (χ4v) is 2.58. The van der Waals surface area contributed by atoms with Crippen molar-refractivity contribution in [3.05, 3.63) is 53.0 Å². The fraction of sp³-hybridized carbons (Fsp3) is 0.125. The first-order chi connectivity index (χ1) is 11.1. The smallest absolute Gasteiger partial charge is 0.163 e. The van der Waals surface area contributed by atoms with Gasteiger partial charge in [-0.3, -0.25) is 0 Å². The Balaban J connectivity index is 2.11. The first-order valence-corrected chi connectivity index (χ1v) is 7.51. The van der Waals surface area contributed by atoms with E-state index >= 15 is 0 Å². The zero-order chi connectivity index (χ0) is 16.4. The highest BCUT2D eigenvalue weighted by Crippen LogP contribution is 2.32. The topological polar surface area (TPSA) is 49.2 Å². The Morgan fingerprint density at radius 2 is 1.83 bits per heavy atom. The third-order valence-electron chi connectivity index (χ3n) is 3.33. The maximum absolute atomic E-state index is 14.2. The van der Waals surface area contributed by atoms with Gasteiger partial charge in [0.05, 0.1) is 14.2 Å². The molecular formula is C16H13BrFN3O2. The molecular weight excluding hydrogens is 365 g/mol. The van der Waals surface area contributed by atoms with Gasteiger partial charge in [0.2, 0.25) is 0 Å². The Bertz CT molecular complexity index is 851. The number of ether oxygens (including phenoxy) is 2. The zero-order valence-electron chi connectivity index (χ0n) is 12.5. The normalized spacial score (nSPS) is 10.6. The predicted octanol–water partition coefficient (Wildman–Crippen LogP) is 3.85. The van der Waals surface area contributed by atoms with E-state index in [1.165, 1.54) is 17.1 Å². The van der Waals surface area contributed by atoms with Gasteiger partial charge in [0.25, 0.3) is 0 Å². The molecule has 7 heteroatoms. The summed E-state index contributed by atoms with van der Waals surface area (Å²) in [6.45, 7) is 0. The first-order valence-electron chi connectivity index (χ1n) is 6.72. The van der Waals surface area contributed by atoms with Gasteiger partial charge >= 0.3 is 0 Å². The molecule has 0 amide bonds. The summed E-state index contributed by atoms with van der Waals surface area (Å²) in [5.41, 5.74) is 1.05. The van der Waals surface area contributed by atoms with Crippen LogP contribution < -0.4 is 9.47 Å². The molecule has 0 unspecified atom stereocenters. The number of hydrogen-bond acceptors (Lipinski definition) is 4. The van der Waals surface area contributed by atoms with Crippen LogP contribution in [0.4, 0.5) is 4.39 Å². The minimum atomic E-state index is -0.397. The van der Waals surface area contributed by atoms with E-state index in [1.807, 2.05) is 6.07 Å². The molecule has 1 aromatic heterocycles. The average molecular weight is 378 g/mol. The summed E-state index contributed by atoms with van der Waals surface area (Å²) in [6.07, 6.45) is 1.38. The Hall–Kier alpha value is -2.41. The van der Waals surface area contributed by atoms with E-state index in [9.17, 15) is 4.39 Å². The Morgan fingerprint density at radius 3 is 2.52 bits per heavy atom. The minimum absolute atomic E-state index is 0.315. The van der Waals surface area contributed by atoms with Crippen molar-refractivity contribution >= 4 is 15.9 Å². The van der Waals surface area contributed by atoms with Crippen molar-refractivity contribution in [1.82, 2.24) is 14.8 Å². The van der Waals surface area contributed by atoms with E-state index in [2.05, 4.69) is 26.0 Å². The van der Waals surface area contributed by atoms with Crippen LogP contribution in [0.15, 0.2) is 47.2 Å². The van der Waals surface area contributed by atoms with Crippen LogP contribution in [0.3, 0.4) is 0 Å². The summed E-state index contributed by atoms with van der Waals surface area (Å²) in [7, 11) is 3.12. The van der Waals surface area contributed by atoms with Crippen molar-refractivity contribution in [2.24, 2.45) is 0 Å². The molecule has 23 heavy (non-hydrogen) atoms. The molecule has 0 aliphatic heterocycles.